The minimum absolute atomic E-state index is 0.0927. The molecule has 0 radical (unpaired) electrons. The zero-order valence-electron chi connectivity index (χ0n) is 21.5. The second-order valence-corrected chi connectivity index (χ2v) is 9.15. The summed E-state index contributed by atoms with van der Waals surface area (Å²) in [6.45, 7) is 5.62. The zero-order chi connectivity index (χ0) is 26.2. The molecule has 10 nitrogen and oxygen atoms in total. The first-order valence-corrected chi connectivity index (χ1v) is 11.8. The molecule has 0 bridgehead atoms. The molecule has 1 heterocycles. The number of hydrazine groups is 1. The fraction of sp³-hybridized carbons (Fsp3) is 0.600. The summed E-state index contributed by atoms with van der Waals surface area (Å²) >= 11 is 0. The summed E-state index contributed by atoms with van der Waals surface area (Å²) in [4.78, 5) is 52.0. The number of nitrogens with one attached hydrogen (secondary N) is 2. The lowest BCUT2D eigenvalue weighted by molar-refractivity contribution is -0.154. The fourth-order valence-electron chi connectivity index (χ4n) is 3.84. The predicted octanol–water partition coefficient (Wildman–Crippen LogP) is 2.18. The number of ketones is 1. The Balaban J connectivity index is 1.97. The van der Waals surface area contributed by atoms with E-state index in [2.05, 4.69) is 10.9 Å². The van der Waals surface area contributed by atoms with Gasteiger partial charge in [0, 0.05) is 18.4 Å². The van der Waals surface area contributed by atoms with Gasteiger partial charge in [0.05, 0.1) is 21.3 Å². The summed E-state index contributed by atoms with van der Waals surface area (Å²) in [5.41, 5.74) is 4.83. The summed E-state index contributed by atoms with van der Waals surface area (Å²) in [6.07, 6.45) is 2.88. The standard InChI is InChI=1S/C25H37N3O7/c1-7-25(2,3)22(30)24(32)28-13-9-8-10-17(28)23(31)27-26-20(29)12-11-16-14-18(33-4)21(35-6)19(15-16)34-5/h14-15,17H,7-13H2,1-6H3,(H,26,29)(H,27,31)/t17-/m0/s1. The van der Waals surface area contributed by atoms with Crippen molar-refractivity contribution in [1.29, 1.82) is 0 Å². The van der Waals surface area contributed by atoms with E-state index in [-0.39, 0.29) is 6.42 Å². The van der Waals surface area contributed by atoms with Gasteiger partial charge in [-0.05, 0) is 49.8 Å². The molecule has 0 unspecified atom stereocenters. The van der Waals surface area contributed by atoms with Gasteiger partial charge in [0.1, 0.15) is 6.04 Å². The number of benzene rings is 1. The van der Waals surface area contributed by atoms with Crippen molar-refractivity contribution in [1.82, 2.24) is 15.8 Å². The predicted molar refractivity (Wildman–Crippen MR) is 129 cm³/mol. The van der Waals surface area contributed by atoms with Crippen LogP contribution in [0.5, 0.6) is 17.2 Å². The van der Waals surface area contributed by atoms with Crippen LogP contribution in [0, 0.1) is 5.41 Å². The Labute approximate surface area is 206 Å². The van der Waals surface area contributed by atoms with E-state index >= 15 is 0 Å². The number of piperidine rings is 1. The highest BCUT2D eigenvalue weighted by molar-refractivity contribution is 6.38. The Hall–Kier alpha value is -3.30. The lowest BCUT2D eigenvalue weighted by atomic mass is 9.84. The lowest BCUT2D eigenvalue weighted by Gasteiger charge is -2.35. The molecule has 0 aromatic heterocycles. The van der Waals surface area contributed by atoms with Crippen LogP contribution in [0.25, 0.3) is 0 Å². The summed E-state index contributed by atoms with van der Waals surface area (Å²) < 4.78 is 16.0. The molecule has 3 amide bonds. The van der Waals surface area contributed by atoms with Crippen LogP contribution in [-0.4, -0.2) is 62.3 Å². The molecule has 1 fully saturated rings. The molecule has 0 aliphatic carbocycles. The smallest absolute Gasteiger partial charge is 0.291 e. The van der Waals surface area contributed by atoms with Crippen LogP contribution in [0.15, 0.2) is 12.1 Å². The molecular formula is C25H37N3O7. The molecule has 2 N–H and O–H groups in total. The summed E-state index contributed by atoms with van der Waals surface area (Å²) in [7, 11) is 4.54. The molecule has 2 rings (SSSR count). The van der Waals surface area contributed by atoms with Crippen LogP contribution in [0.1, 0.15) is 58.4 Å². The Morgan fingerprint density at radius 3 is 2.17 bits per heavy atom. The number of hydrogen-bond donors (Lipinski definition) is 2. The number of rotatable bonds is 10. The van der Waals surface area contributed by atoms with E-state index < -0.39 is 35.0 Å². The number of aryl methyl sites for hydroxylation is 1. The van der Waals surface area contributed by atoms with E-state index in [9.17, 15) is 19.2 Å². The van der Waals surface area contributed by atoms with Crippen molar-refractivity contribution >= 4 is 23.5 Å². The fourth-order valence-corrected chi connectivity index (χ4v) is 3.84. The quantitative estimate of drug-likeness (QED) is 0.380. The molecule has 1 aliphatic heterocycles. The second-order valence-electron chi connectivity index (χ2n) is 9.15. The largest absolute Gasteiger partial charge is 0.493 e. The van der Waals surface area contributed by atoms with Crippen molar-refractivity contribution in [3.63, 3.8) is 0 Å². The number of amides is 3. The van der Waals surface area contributed by atoms with E-state index in [0.29, 0.717) is 43.1 Å². The van der Waals surface area contributed by atoms with E-state index in [4.69, 9.17) is 14.2 Å². The number of likely N-dealkylation sites (tertiary alicyclic amines) is 1. The molecule has 10 heteroatoms. The third kappa shape index (κ3) is 6.86. The van der Waals surface area contributed by atoms with Crippen LogP contribution in [-0.2, 0) is 25.6 Å². The maximum absolute atomic E-state index is 12.8. The van der Waals surface area contributed by atoms with E-state index in [1.165, 1.54) is 26.2 Å². The van der Waals surface area contributed by atoms with Gasteiger partial charge in [-0.2, -0.15) is 0 Å². The second kappa shape index (κ2) is 12.4. The van der Waals surface area contributed by atoms with Gasteiger partial charge >= 0.3 is 0 Å². The Kier molecular flexibility index (Phi) is 9.91. The van der Waals surface area contributed by atoms with Crippen molar-refractivity contribution in [2.45, 2.75) is 65.3 Å². The molecule has 1 atom stereocenters. The maximum Gasteiger partial charge on any atom is 0.291 e. The Morgan fingerprint density at radius 1 is 1.00 bits per heavy atom. The minimum atomic E-state index is -0.803. The molecule has 35 heavy (non-hydrogen) atoms. The van der Waals surface area contributed by atoms with Crippen LogP contribution in [0.3, 0.4) is 0 Å². The molecule has 1 aliphatic rings. The molecule has 1 saturated heterocycles. The van der Waals surface area contributed by atoms with Crippen molar-refractivity contribution in [3.8, 4) is 17.2 Å². The Bertz CT molecular complexity index is 920. The van der Waals surface area contributed by atoms with Gasteiger partial charge in [-0.1, -0.05) is 20.8 Å². The number of ether oxygens (including phenoxy) is 3. The molecule has 0 saturated carbocycles. The highest BCUT2D eigenvalue weighted by Gasteiger charge is 2.40. The highest BCUT2D eigenvalue weighted by Crippen LogP contribution is 2.38. The maximum atomic E-state index is 12.8. The highest BCUT2D eigenvalue weighted by atomic mass is 16.5. The number of carbonyl (C=O) groups is 4. The zero-order valence-corrected chi connectivity index (χ0v) is 21.5. The van der Waals surface area contributed by atoms with Gasteiger partial charge in [0.25, 0.3) is 11.8 Å². The number of carbonyl (C=O) groups excluding carboxylic acids is 4. The van der Waals surface area contributed by atoms with Crippen molar-refractivity contribution in [2.24, 2.45) is 5.41 Å². The van der Waals surface area contributed by atoms with Crippen molar-refractivity contribution in [3.05, 3.63) is 17.7 Å². The minimum Gasteiger partial charge on any atom is -0.493 e. The van der Waals surface area contributed by atoms with E-state index in [1.54, 1.807) is 26.0 Å². The first kappa shape index (κ1) is 27.9. The first-order valence-electron chi connectivity index (χ1n) is 11.8. The van der Waals surface area contributed by atoms with E-state index in [0.717, 1.165) is 18.4 Å². The van der Waals surface area contributed by atoms with Crippen LogP contribution in [0.2, 0.25) is 0 Å². The average Bonchev–Trinajstić information content (AvgIpc) is 2.88. The van der Waals surface area contributed by atoms with Gasteiger partial charge in [0.15, 0.2) is 11.5 Å². The van der Waals surface area contributed by atoms with Gasteiger partial charge in [0.2, 0.25) is 17.4 Å². The number of hydrogen-bond acceptors (Lipinski definition) is 7. The van der Waals surface area contributed by atoms with Crippen molar-refractivity contribution < 1.29 is 33.4 Å². The monoisotopic (exact) mass is 491 g/mol. The SMILES string of the molecule is CCC(C)(C)C(=O)C(=O)N1CCCC[C@H]1C(=O)NNC(=O)CCc1cc(OC)c(OC)c(OC)c1. The number of Topliss-reactive ketones (excluding diaryl/α,β-unsaturated/α-hetero) is 1. The third-order valence-corrected chi connectivity index (χ3v) is 6.45. The normalized spacial score (nSPS) is 15.7. The Morgan fingerprint density at radius 2 is 1.63 bits per heavy atom. The summed E-state index contributed by atoms with van der Waals surface area (Å²) in [5.74, 6) is -0.635. The van der Waals surface area contributed by atoms with Gasteiger partial charge in [-0.3, -0.25) is 30.0 Å². The summed E-state index contributed by atoms with van der Waals surface area (Å²) in [5, 5.41) is 0. The van der Waals surface area contributed by atoms with Crippen molar-refractivity contribution in [2.75, 3.05) is 27.9 Å². The molecule has 1 aromatic carbocycles. The summed E-state index contributed by atoms with van der Waals surface area (Å²) in [6, 6.07) is 2.71. The molecule has 1 aromatic rings. The van der Waals surface area contributed by atoms with Crippen LogP contribution in [0.4, 0.5) is 0 Å². The van der Waals surface area contributed by atoms with Gasteiger partial charge < -0.3 is 19.1 Å². The molecule has 194 valence electrons. The topological polar surface area (TPSA) is 123 Å². The molecule has 0 spiro atoms. The van der Waals surface area contributed by atoms with Crippen LogP contribution < -0.4 is 25.1 Å². The van der Waals surface area contributed by atoms with Gasteiger partial charge in [-0.25, -0.2) is 0 Å². The average molecular weight is 492 g/mol. The first-order chi connectivity index (χ1) is 16.6. The van der Waals surface area contributed by atoms with Gasteiger partial charge in [-0.15, -0.1) is 0 Å². The van der Waals surface area contributed by atoms with E-state index in [1.807, 2.05) is 6.92 Å². The van der Waals surface area contributed by atoms with Crippen LogP contribution >= 0.6 is 0 Å². The molecular weight excluding hydrogens is 454 g/mol. The number of methoxy groups -OCH3 is 3. The lowest BCUT2D eigenvalue weighted by Crippen LogP contribution is -2.57. The third-order valence-electron chi connectivity index (χ3n) is 6.45. The number of nitrogens with zero attached hydrogens (tertiary/aromatic N) is 1.